The van der Waals surface area contributed by atoms with E-state index in [-0.39, 0.29) is 28.7 Å². The van der Waals surface area contributed by atoms with E-state index in [1.807, 2.05) is 6.07 Å². The molecule has 0 bridgehead atoms. The van der Waals surface area contributed by atoms with Crippen LogP contribution in [0.25, 0.3) is 0 Å². The van der Waals surface area contributed by atoms with Crippen molar-refractivity contribution < 1.29 is 26.3 Å². The third-order valence-electron chi connectivity index (χ3n) is 3.94. The second kappa shape index (κ2) is 7.26. The zero-order valence-electron chi connectivity index (χ0n) is 14.1. The van der Waals surface area contributed by atoms with Gasteiger partial charge in [0.1, 0.15) is 12.7 Å². The average molecular weight is 397 g/mol. The van der Waals surface area contributed by atoms with Gasteiger partial charge < -0.3 is 9.47 Å². The van der Waals surface area contributed by atoms with E-state index in [9.17, 15) is 16.8 Å². The molecule has 0 radical (unpaired) electrons. The van der Waals surface area contributed by atoms with Crippen LogP contribution >= 0.6 is 0 Å². The van der Waals surface area contributed by atoms with Gasteiger partial charge in [0, 0.05) is 0 Å². The lowest BCUT2D eigenvalue weighted by Crippen LogP contribution is -2.40. The number of ether oxygens (including phenoxy) is 2. The Kier molecular flexibility index (Phi) is 5.22. The lowest BCUT2D eigenvalue weighted by molar-refractivity contribution is 0.0943. The van der Waals surface area contributed by atoms with E-state index in [0.717, 1.165) is 0 Å². The molecule has 9 heteroatoms. The lowest BCUT2D eigenvalue weighted by atomic mass is 10.2. The van der Waals surface area contributed by atoms with Crippen LogP contribution in [-0.2, 0) is 19.9 Å². The predicted octanol–water partition coefficient (Wildman–Crippen LogP) is 1.60. The minimum absolute atomic E-state index is 0.00955. The van der Waals surface area contributed by atoms with Crippen molar-refractivity contribution in [3.63, 3.8) is 0 Å². The van der Waals surface area contributed by atoms with Gasteiger partial charge in [-0.15, -0.1) is 0 Å². The van der Waals surface area contributed by atoms with Crippen molar-refractivity contribution in [2.45, 2.75) is 22.8 Å². The first-order valence-electron chi connectivity index (χ1n) is 8.03. The van der Waals surface area contributed by atoms with Crippen LogP contribution in [0.15, 0.2) is 58.3 Å². The quantitative estimate of drug-likeness (QED) is 0.795. The summed E-state index contributed by atoms with van der Waals surface area (Å²) in [4.78, 5) is 0.0873. The van der Waals surface area contributed by atoms with Crippen molar-refractivity contribution in [3.05, 3.63) is 48.5 Å². The first-order chi connectivity index (χ1) is 12.3. The molecular weight excluding hydrogens is 378 g/mol. The normalized spacial score (nSPS) is 17.0. The maximum atomic E-state index is 12.4. The van der Waals surface area contributed by atoms with E-state index in [4.69, 9.17) is 9.47 Å². The predicted molar refractivity (Wildman–Crippen MR) is 95.7 cm³/mol. The summed E-state index contributed by atoms with van der Waals surface area (Å²) >= 11 is 0. The molecule has 2 aromatic rings. The Hall–Kier alpha value is -2.10. The van der Waals surface area contributed by atoms with Gasteiger partial charge in [-0.05, 0) is 36.4 Å². The molecule has 1 heterocycles. The number of rotatable bonds is 6. The minimum Gasteiger partial charge on any atom is -0.486 e. The van der Waals surface area contributed by atoms with Gasteiger partial charge >= 0.3 is 0 Å². The Labute approximate surface area is 152 Å². The Morgan fingerprint density at radius 1 is 0.962 bits per heavy atom. The highest BCUT2D eigenvalue weighted by atomic mass is 32.2. The molecular formula is C17H19NO6S2. The number of hydrogen-bond donors (Lipinski definition) is 1. The van der Waals surface area contributed by atoms with Gasteiger partial charge in [0.2, 0.25) is 10.0 Å². The third kappa shape index (κ3) is 4.00. The van der Waals surface area contributed by atoms with Crippen molar-refractivity contribution >= 4 is 19.9 Å². The molecule has 2 aromatic carbocycles. The average Bonchev–Trinajstić information content (AvgIpc) is 2.66. The molecule has 0 saturated carbocycles. The standard InChI is InChI=1S/C17H19NO6S2/c1-2-25(19,20)14-7-9-15(10-8-14)26(21,22)18-11-13-12-23-16-5-3-4-6-17(16)24-13/h3-10,13,18H,2,11-12H2,1H3. The summed E-state index contributed by atoms with van der Waals surface area (Å²) in [6.07, 6.45) is -0.459. The summed E-state index contributed by atoms with van der Waals surface area (Å²) in [5.74, 6) is 1.15. The summed E-state index contributed by atoms with van der Waals surface area (Å²) in [6.45, 7) is 1.80. The van der Waals surface area contributed by atoms with E-state index in [1.54, 1.807) is 18.2 Å². The molecule has 0 fully saturated rings. The smallest absolute Gasteiger partial charge is 0.240 e. The van der Waals surface area contributed by atoms with Crippen LogP contribution in [-0.4, -0.2) is 41.8 Å². The molecule has 1 aliphatic heterocycles. The van der Waals surface area contributed by atoms with Gasteiger partial charge in [0.05, 0.1) is 22.1 Å². The van der Waals surface area contributed by atoms with E-state index in [1.165, 1.54) is 31.2 Å². The maximum absolute atomic E-state index is 12.4. The van der Waals surface area contributed by atoms with Gasteiger partial charge in [-0.1, -0.05) is 19.1 Å². The van der Waals surface area contributed by atoms with Gasteiger partial charge in [0.25, 0.3) is 0 Å². The van der Waals surface area contributed by atoms with Crippen LogP contribution in [0.4, 0.5) is 0 Å². The number of sulfonamides is 1. The highest BCUT2D eigenvalue weighted by Crippen LogP contribution is 2.30. The van der Waals surface area contributed by atoms with Gasteiger partial charge in [0.15, 0.2) is 21.3 Å². The van der Waals surface area contributed by atoms with Crippen molar-refractivity contribution in [2.75, 3.05) is 18.9 Å². The van der Waals surface area contributed by atoms with Crippen molar-refractivity contribution in [2.24, 2.45) is 0 Å². The fourth-order valence-electron chi connectivity index (χ4n) is 2.44. The number of benzene rings is 2. The zero-order valence-corrected chi connectivity index (χ0v) is 15.7. The molecule has 1 atom stereocenters. The Balaban J connectivity index is 1.66. The van der Waals surface area contributed by atoms with Gasteiger partial charge in [-0.25, -0.2) is 21.6 Å². The van der Waals surface area contributed by atoms with Crippen molar-refractivity contribution in [1.29, 1.82) is 0 Å². The topological polar surface area (TPSA) is 98.8 Å². The summed E-state index contributed by atoms with van der Waals surface area (Å²) < 4.78 is 62.1. The van der Waals surface area contributed by atoms with Crippen molar-refractivity contribution in [3.8, 4) is 11.5 Å². The second-order valence-electron chi connectivity index (χ2n) is 5.72. The third-order valence-corrected chi connectivity index (χ3v) is 7.13. The van der Waals surface area contributed by atoms with Crippen LogP contribution < -0.4 is 14.2 Å². The van der Waals surface area contributed by atoms with E-state index >= 15 is 0 Å². The molecule has 0 aromatic heterocycles. The molecule has 0 aliphatic carbocycles. The van der Waals surface area contributed by atoms with Crippen LogP contribution in [0.3, 0.4) is 0 Å². The second-order valence-corrected chi connectivity index (χ2v) is 9.77. The van der Waals surface area contributed by atoms with E-state index in [0.29, 0.717) is 11.5 Å². The minimum atomic E-state index is -3.79. The van der Waals surface area contributed by atoms with Crippen LogP contribution in [0.5, 0.6) is 11.5 Å². The Morgan fingerprint density at radius 3 is 2.23 bits per heavy atom. The number of hydrogen-bond acceptors (Lipinski definition) is 6. The lowest BCUT2D eigenvalue weighted by Gasteiger charge is -2.26. The van der Waals surface area contributed by atoms with Crippen molar-refractivity contribution in [1.82, 2.24) is 4.72 Å². The molecule has 1 N–H and O–H groups in total. The van der Waals surface area contributed by atoms with Gasteiger partial charge in [-0.3, -0.25) is 0 Å². The number of para-hydroxylation sites is 2. The maximum Gasteiger partial charge on any atom is 0.240 e. The highest BCUT2D eigenvalue weighted by molar-refractivity contribution is 7.91. The molecule has 3 rings (SSSR count). The number of sulfone groups is 1. The number of fused-ring (bicyclic) bond motifs is 1. The summed E-state index contributed by atoms with van der Waals surface area (Å²) in [7, 11) is -7.16. The monoisotopic (exact) mass is 397 g/mol. The molecule has 140 valence electrons. The fraction of sp³-hybridized carbons (Fsp3) is 0.294. The SMILES string of the molecule is CCS(=O)(=O)c1ccc(S(=O)(=O)NCC2COc3ccccc3O2)cc1. The molecule has 0 amide bonds. The van der Waals surface area contributed by atoms with E-state index < -0.39 is 26.0 Å². The fourth-order valence-corrected chi connectivity index (χ4v) is 4.39. The van der Waals surface area contributed by atoms with Crippen LogP contribution in [0.2, 0.25) is 0 Å². The van der Waals surface area contributed by atoms with Crippen LogP contribution in [0, 0.1) is 0 Å². The molecule has 7 nitrogen and oxygen atoms in total. The van der Waals surface area contributed by atoms with Gasteiger partial charge in [-0.2, -0.15) is 0 Å². The molecule has 26 heavy (non-hydrogen) atoms. The van der Waals surface area contributed by atoms with Crippen LogP contribution in [0.1, 0.15) is 6.92 Å². The summed E-state index contributed by atoms with van der Waals surface area (Å²) in [6, 6.07) is 12.3. The first kappa shape index (κ1) is 18.7. The Bertz CT molecular complexity index is 984. The summed E-state index contributed by atoms with van der Waals surface area (Å²) in [5, 5.41) is 0. The zero-order chi connectivity index (χ0) is 18.8. The first-order valence-corrected chi connectivity index (χ1v) is 11.2. The number of nitrogens with one attached hydrogen (secondary N) is 1. The largest absolute Gasteiger partial charge is 0.486 e. The molecule has 1 unspecified atom stereocenters. The van der Waals surface area contributed by atoms with E-state index in [2.05, 4.69) is 4.72 Å². The Morgan fingerprint density at radius 2 is 1.58 bits per heavy atom. The molecule has 0 saturated heterocycles. The summed E-state index contributed by atoms with van der Waals surface area (Å²) in [5.41, 5.74) is 0. The molecule has 1 aliphatic rings. The highest BCUT2D eigenvalue weighted by Gasteiger charge is 2.23. The molecule has 0 spiro atoms.